The van der Waals surface area contributed by atoms with Crippen LogP contribution in [0, 0.1) is 0 Å². The SMILES string of the molecule is C=C(C)CN1CCC(NC(=O)N2CCSCC2)CC1. The highest BCUT2D eigenvalue weighted by Crippen LogP contribution is 2.13. The summed E-state index contributed by atoms with van der Waals surface area (Å²) in [7, 11) is 0. The van der Waals surface area contributed by atoms with E-state index in [-0.39, 0.29) is 6.03 Å². The van der Waals surface area contributed by atoms with Gasteiger partial charge in [0, 0.05) is 50.3 Å². The number of piperidine rings is 1. The molecule has 0 aliphatic carbocycles. The molecule has 2 rings (SSSR count). The van der Waals surface area contributed by atoms with Crippen LogP contribution in [0.25, 0.3) is 0 Å². The van der Waals surface area contributed by atoms with Crippen LogP contribution in [0.15, 0.2) is 12.2 Å². The van der Waals surface area contributed by atoms with E-state index in [9.17, 15) is 4.79 Å². The average Bonchev–Trinajstić information content (AvgIpc) is 2.41. The lowest BCUT2D eigenvalue weighted by Crippen LogP contribution is -2.51. The molecule has 1 N–H and O–H groups in total. The molecule has 0 aromatic carbocycles. The number of hydrogen-bond donors (Lipinski definition) is 1. The lowest BCUT2D eigenvalue weighted by molar-refractivity contribution is 0.179. The van der Waals surface area contributed by atoms with Gasteiger partial charge in [-0.2, -0.15) is 11.8 Å². The summed E-state index contributed by atoms with van der Waals surface area (Å²) < 4.78 is 0. The van der Waals surface area contributed by atoms with Gasteiger partial charge in [0.2, 0.25) is 0 Å². The number of nitrogens with one attached hydrogen (secondary N) is 1. The van der Waals surface area contributed by atoms with Gasteiger partial charge in [-0.05, 0) is 19.8 Å². The van der Waals surface area contributed by atoms with E-state index in [0.29, 0.717) is 6.04 Å². The van der Waals surface area contributed by atoms with Crippen LogP contribution in [0.2, 0.25) is 0 Å². The minimum absolute atomic E-state index is 0.138. The van der Waals surface area contributed by atoms with E-state index in [2.05, 4.69) is 23.7 Å². The zero-order chi connectivity index (χ0) is 13.7. The molecule has 0 aromatic heterocycles. The van der Waals surface area contributed by atoms with E-state index in [0.717, 1.165) is 57.1 Å². The van der Waals surface area contributed by atoms with Crippen LogP contribution in [-0.4, -0.2) is 66.1 Å². The van der Waals surface area contributed by atoms with Crippen molar-refractivity contribution < 1.29 is 4.79 Å². The number of thioether (sulfide) groups is 1. The Morgan fingerprint density at radius 3 is 2.47 bits per heavy atom. The van der Waals surface area contributed by atoms with Crippen molar-refractivity contribution in [3.8, 4) is 0 Å². The number of nitrogens with zero attached hydrogens (tertiary/aromatic N) is 2. The molecular weight excluding hydrogens is 258 g/mol. The largest absolute Gasteiger partial charge is 0.335 e. The molecule has 4 nitrogen and oxygen atoms in total. The summed E-state index contributed by atoms with van der Waals surface area (Å²) in [4.78, 5) is 16.5. The number of carbonyl (C=O) groups excluding carboxylic acids is 1. The second kappa shape index (κ2) is 7.20. The van der Waals surface area contributed by atoms with Crippen molar-refractivity contribution in [1.82, 2.24) is 15.1 Å². The first kappa shape index (κ1) is 14.7. The highest BCUT2D eigenvalue weighted by atomic mass is 32.2. The zero-order valence-electron chi connectivity index (χ0n) is 11.9. The molecule has 0 bridgehead atoms. The predicted octanol–water partition coefficient (Wildman–Crippen LogP) is 1.79. The van der Waals surface area contributed by atoms with Gasteiger partial charge in [-0.25, -0.2) is 4.79 Å². The summed E-state index contributed by atoms with van der Waals surface area (Å²) in [5, 5.41) is 3.19. The van der Waals surface area contributed by atoms with Gasteiger partial charge in [0.15, 0.2) is 0 Å². The third kappa shape index (κ3) is 4.73. The van der Waals surface area contributed by atoms with Gasteiger partial charge < -0.3 is 10.2 Å². The minimum atomic E-state index is 0.138. The van der Waals surface area contributed by atoms with Crippen LogP contribution >= 0.6 is 11.8 Å². The van der Waals surface area contributed by atoms with Crippen LogP contribution in [0.4, 0.5) is 4.79 Å². The Morgan fingerprint density at radius 2 is 1.89 bits per heavy atom. The molecule has 0 unspecified atom stereocenters. The molecule has 0 atom stereocenters. The predicted molar refractivity (Wildman–Crippen MR) is 81.7 cm³/mol. The van der Waals surface area contributed by atoms with Crippen molar-refractivity contribution in [2.24, 2.45) is 0 Å². The first-order valence-electron chi connectivity index (χ1n) is 7.15. The summed E-state index contributed by atoms with van der Waals surface area (Å²) in [6.07, 6.45) is 2.11. The molecule has 108 valence electrons. The molecule has 2 aliphatic rings. The summed E-state index contributed by atoms with van der Waals surface area (Å²) in [6, 6.07) is 0.488. The topological polar surface area (TPSA) is 35.6 Å². The van der Waals surface area contributed by atoms with E-state index >= 15 is 0 Å². The molecule has 2 aliphatic heterocycles. The van der Waals surface area contributed by atoms with Crippen molar-refractivity contribution in [2.45, 2.75) is 25.8 Å². The van der Waals surface area contributed by atoms with E-state index in [1.807, 2.05) is 16.7 Å². The third-order valence-corrected chi connectivity index (χ3v) is 4.65. The third-order valence-electron chi connectivity index (χ3n) is 3.71. The van der Waals surface area contributed by atoms with E-state index < -0.39 is 0 Å². The maximum atomic E-state index is 12.1. The van der Waals surface area contributed by atoms with Gasteiger partial charge in [-0.15, -0.1) is 0 Å². The average molecular weight is 283 g/mol. The number of urea groups is 1. The molecule has 2 heterocycles. The van der Waals surface area contributed by atoms with E-state index in [1.54, 1.807) is 0 Å². The Labute approximate surface area is 120 Å². The number of hydrogen-bond acceptors (Lipinski definition) is 3. The number of rotatable bonds is 3. The van der Waals surface area contributed by atoms with Crippen molar-refractivity contribution >= 4 is 17.8 Å². The van der Waals surface area contributed by atoms with Gasteiger partial charge in [0.25, 0.3) is 0 Å². The minimum Gasteiger partial charge on any atom is -0.335 e. The summed E-state index contributed by atoms with van der Waals surface area (Å²) in [5.74, 6) is 2.15. The summed E-state index contributed by atoms with van der Waals surface area (Å²) in [6.45, 7) is 10.9. The van der Waals surface area contributed by atoms with Gasteiger partial charge in [0.05, 0.1) is 0 Å². The molecule has 19 heavy (non-hydrogen) atoms. The smallest absolute Gasteiger partial charge is 0.317 e. The van der Waals surface area contributed by atoms with Gasteiger partial charge in [-0.3, -0.25) is 4.90 Å². The first-order valence-corrected chi connectivity index (χ1v) is 8.30. The van der Waals surface area contributed by atoms with Gasteiger partial charge >= 0.3 is 6.03 Å². The van der Waals surface area contributed by atoms with Crippen LogP contribution in [-0.2, 0) is 0 Å². The Morgan fingerprint density at radius 1 is 1.26 bits per heavy atom. The Bertz CT molecular complexity index is 321. The zero-order valence-corrected chi connectivity index (χ0v) is 12.7. The Kier molecular flexibility index (Phi) is 5.58. The second-order valence-electron chi connectivity index (χ2n) is 5.56. The molecular formula is C14H25N3OS. The van der Waals surface area contributed by atoms with Gasteiger partial charge in [0.1, 0.15) is 0 Å². The molecule has 0 spiro atoms. The summed E-state index contributed by atoms with van der Waals surface area (Å²) in [5.41, 5.74) is 1.22. The van der Waals surface area contributed by atoms with Gasteiger partial charge in [-0.1, -0.05) is 12.2 Å². The monoisotopic (exact) mass is 283 g/mol. The maximum absolute atomic E-state index is 12.1. The van der Waals surface area contributed by atoms with Crippen LogP contribution in [0.5, 0.6) is 0 Å². The van der Waals surface area contributed by atoms with Crippen molar-refractivity contribution in [1.29, 1.82) is 0 Å². The lowest BCUT2D eigenvalue weighted by atomic mass is 10.0. The molecule has 0 radical (unpaired) electrons. The van der Waals surface area contributed by atoms with Crippen molar-refractivity contribution in [3.05, 3.63) is 12.2 Å². The summed E-state index contributed by atoms with van der Waals surface area (Å²) >= 11 is 1.93. The van der Waals surface area contributed by atoms with E-state index in [4.69, 9.17) is 0 Å². The quantitative estimate of drug-likeness (QED) is 0.802. The normalized spacial score (nSPS) is 22.3. The Hall–Kier alpha value is -0.680. The molecule has 2 amide bonds. The first-order chi connectivity index (χ1) is 9.15. The fourth-order valence-corrected chi connectivity index (χ4v) is 3.55. The maximum Gasteiger partial charge on any atom is 0.317 e. The second-order valence-corrected chi connectivity index (χ2v) is 6.78. The van der Waals surface area contributed by atoms with Crippen molar-refractivity contribution in [2.75, 3.05) is 44.2 Å². The van der Waals surface area contributed by atoms with E-state index in [1.165, 1.54) is 5.57 Å². The lowest BCUT2D eigenvalue weighted by Gasteiger charge is -2.34. The standard InChI is InChI=1S/C14H25N3OS/c1-12(2)11-16-5-3-13(4-6-16)15-14(18)17-7-9-19-10-8-17/h13H,1,3-11H2,2H3,(H,15,18). The number of likely N-dealkylation sites (tertiary alicyclic amines) is 1. The van der Waals surface area contributed by atoms with Crippen LogP contribution in [0.3, 0.4) is 0 Å². The Balaban J connectivity index is 1.69. The highest BCUT2D eigenvalue weighted by Gasteiger charge is 2.23. The fraction of sp³-hybridized carbons (Fsp3) is 0.786. The molecule has 0 aromatic rings. The molecule has 0 saturated carbocycles. The van der Waals surface area contributed by atoms with Crippen molar-refractivity contribution in [3.63, 3.8) is 0 Å². The number of amides is 2. The molecule has 2 saturated heterocycles. The highest BCUT2D eigenvalue weighted by molar-refractivity contribution is 7.99. The fourth-order valence-electron chi connectivity index (χ4n) is 2.65. The molecule has 5 heteroatoms. The molecule has 2 fully saturated rings. The van der Waals surface area contributed by atoms with Crippen LogP contribution in [0.1, 0.15) is 19.8 Å². The van der Waals surface area contributed by atoms with Crippen LogP contribution < -0.4 is 5.32 Å². The number of carbonyl (C=O) groups is 1.